The third kappa shape index (κ3) is 4.54. The summed E-state index contributed by atoms with van der Waals surface area (Å²) in [5.74, 6) is 1.30. The lowest BCUT2D eigenvalue weighted by Crippen LogP contribution is -2.49. The van der Waals surface area contributed by atoms with Gasteiger partial charge in [0.1, 0.15) is 17.6 Å². The summed E-state index contributed by atoms with van der Waals surface area (Å²) in [6.45, 7) is 5.22. The lowest BCUT2D eigenvalue weighted by Gasteiger charge is -2.35. The number of hydrogen-bond donors (Lipinski definition) is 1. The molecule has 0 atom stereocenters. The van der Waals surface area contributed by atoms with Gasteiger partial charge in [0.05, 0.1) is 24.9 Å². The molecule has 0 spiro atoms. The molecule has 0 unspecified atom stereocenters. The molecule has 3 rings (SSSR count). The fourth-order valence-corrected chi connectivity index (χ4v) is 3.17. The van der Waals surface area contributed by atoms with Crippen LogP contribution in [0, 0.1) is 18.3 Å². The molecule has 0 aliphatic carbocycles. The first-order valence-corrected chi connectivity index (χ1v) is 8.87. The first-order chi connectivity index (χ1) is 13.1. The lowest BCUT2D eigenvalue weighted by molar-refractivity contribution is -0.117. The lowest BCUT2D eigenvalue weighted by atomic mass is 10.2. The van der Waals surface area contributed by atoms with E-state index in [4.69, 9.17) is 4.74 Å². The highest BCUT2D eigenvalue weighted by molar-refractivity contribution is 5.93. The Morgan fingerprint density at radius 2 is 2.07 bits per heavy atom. The molecule has 140 valence electrons. The number of piperazine rings is 1. The third-order valence-corrected chi connectivity index (χ3v) is 4.58. The Hall–Kier alpha value is -3.11. The Balaban J connectivity index is 1.56. The van der Waals surface area contributed by atoms with Gasteiger partial charge in [0.2, 0.25) is 5.91 Å². The van der Waals surface area contributed by atoms with Crippen LogP contribution >= 0.6 is 0 Å². The molecule has 1 aromatic heterocycles. The van der Waals surface area contributed by atoms with Crippen LogP contribution in [0.15, 0.2) is 36.5 Å². The zero-order chi connectivity index (χ0) is 19.2. The smallest absolute Gasteiger partial charge is 0.238 e. The number of carbonyl (C=O) groups excluding carboxylic acids is 1. The number of aryl methyl sites for hydroxylation is 1. The Labute approximate surface area is 159 Å². The molecule has 1 fully saturated rings. The minimum atomic E-state index is -0.0668. The first-order valence-electron chi connectivity index (χ1n) is 8.87. The first kappa shape index (κ1) is 18.7. The van der Waals surface area contributed by atoms with E-state index < -0.39 is 0 Å². The SMILES string of the molecule is COc1ccc(C)cc1NC(=O)CN1CCN(c2ncccc2C#N)CC1. The summed E-state index contributed by atoms with van der Waals surface area (Å²) in [5.41, 5.74) is 2.33. The van der Waals surface area contributed by atoms with Gasteiger partial charge in [-0.05, 0) is 36.8 Å². The number of aromatic nitrogens is 1. The minimum absolute atomic E-state index is 0.0668. The summed E-state index contributed by atoms with van der Waals surface area (Å²) in [6, 6.07) is 11.4. The number of amides is 1. The maximum Gasteiger partial charge on any atom is 0.238 e. The predicted octanol–water partition coefficient (Wildman–Crippen LogP) is 2.03. The summed E-state index contributed by atoms with van der Waals surface area (Å²) in [5, 5.41) is 12.2. The molecule has 0 bridgehead atoms. The Morgan fingerprint density at radius 1 is 1.30 bits per heavy atom. The van der Waals surface area contributed by atoms with Gasteiger partial charge in [0.25, 0.3) is 0 Å². The molecule has 1 N–H and O–H groups in total. The molecule has 27 heavy (non-hydrogen) atoms. The van der Waals surface area contributed by atoms with Crippen LogP contribution in [0.25, 0.3) is 0 Å². The van der Waals surface area contributed by atoms with Gasteiger partial charge in [0.15, 0.2) is 0 Å². The number of nitrogens with zero attached hydrogens (tertiary/aromatic N) is 4. The number of methoxy groups -OCH3 is 1. The van der Waals surface area contributed by atoms with Crippen LogP contribution in [-0.4, -0.2) is 55.6 Å². The van der Waals surface area contributed by atoms with Crippen molar-refractivity contribution in [2.45, 2.75) is 6.92 Å². The molecule has 1 aliphatic heterocycles. The number of benzene rings is 1. The Morgan fingerprint density at radius 3 is 2.78 bits per heavy atom. The van der Waals surface area contributed by atoms with Crippen LogP contribution in [0.5, 0.6) is 5.75 Å². The van der Waals surface area contributed by atoms with Gasteiger partial charge < -0.3 is 15.0 Å². The number of nitriles is 1. The molecule has 2 heterocycles. The van der Waals surface area contributed by atoms with Crippen LogP contribution in [0.1, 0.15) is 11.1 Å². The van der Waals surface area contributed by atoms with Crippen molar-refractivity contribution >= 4 is 17.4 Å². The second-order valence-electron chi connectivity index (χ2n) is 6.50. The Kier molecular flexibility index (Phi) is 5.89. The van der Waals surface area contributed by atoms with E-state index in [9.17, 15) is 10.1 Å². The fraction of sp³-hybridized carbons (Fsp3) is 0.350. The molecule has 1 amide bonds. The van der Waals surface area contributed by atoms with E-state index in [0.29, 0.717) is 29.4 Å². The predicted molar refractivity (Wildman–Crippen MR) is 104 cm³/mol. The summed E-state index contributed by atoms with van der Waals surface area (Å²) >= 11 is 0. The van der Waals surface area contributed by atoms with E-state index in [1.165, 1.54) is 0 Å². The second kappa shape index (κ2) is 8.52. The van der Waals surface area contributed by atoms with Crippen LogP contribution in [0.4, 0.5) is 11.5 Å². The minimum Gasteiger partial charge on any atom is -0.495 e. The second-order valence-corrected chi connectivity index (χ2v) is 6.50. The molecular weight excluding hydrogens is 342 g/mol. The molecule has 2 aromatic rings. The fourth-order valence-electron chi connectivity index (χ4n) is 3.17. The highest BCUT2D eigenvalue weighted by Crippen LogP contribution is 2.25. The van der Waals surface area contributed by atoms with Crippen molar-refractivity contribution in [2.75, 3.05) is 50.1 Å². The topological polar surface area (TPSA) is 81.5 Å². The van der Waals surface area contributed by atoms with Crippen molar-refractivity contribution in [1.29, 1.82) is 5.26 Å². The molecule has 1 aliphatic rings. The van der Waals surface area contributed by atoms with Crippen molar-refractivity contribution < 1.29 is 9.53 Å². The number of pyridine rings is 1. The normalized spacial score (nSPS) is 14.5. The van der Waals surface area contributed by atoms with Crippen molar-refractivity contribution in [3.8, 4) is 11.8 Å². The van der Waals surface area contributed by atoms with Gasteiger partial charge in [0, 0.05) is 32.4 Å². The molecule has 0 radical (unpaired) electrons. The van der Waals surface area contributed by atoms with Crippen molar-refractivity contribution in [2.24, 2.45) is 0 Å². The van der Waals surface area contributed by atoms with Crippen molar-refractivity contribution in [1.82, 2.24) is 9.88 Å². The van der Waals surface area contributed by atoms with Crippen LogP contribution < -0.4 is 15.0 Å². The van der Waals surface area contributed by atoms with Gasteiger partial charge in [-0.2, -0.15) is 5.26 Å². The molecule has 1 saturated heterocycles. The van der Waals surface area contributed by atoms with Crippen molar-refractivity contribution in [3.05, 3.63) is 47.7 Å². The Bertz CT molecular complexity index is 854. The summed E-state index contributed by atoms with van der Waals surface area (Å²) in [7, 11) is 1.59. The molecule has 1 aromatic carbocycles. The number of anilines is 2. The van der Waals surface area contributed by atoms with Gasteiger partial charge in [-0.3, -0.25) is 9.69 Å². The number of carbonyl (C=O) groups is 1. The summed E-state index contributed by atoms with van der Waals surface area (Å²) < 4.78 is 5.31. The van der Waals surface area contributed by atoms with Gasteiger partial charge >= 0.3 is 0 Å². The van der Waals surface area contributed by atoms with Gasteiger partial charge in [-0.25, -0.2) is 4.98 Å². The van der Waals surface area contributed by atoms with Crippen LogP contribution in [0.3, 0.4) is 0 Å². The molecule has 7 heteroatoms. The van der Waals surface area contributed by atoms with E-state index in [2.05, 4.69) is 26.2 Å². The van der Waals surface area contributed by atoms with Gasteiger partial charge in [-0.1, -0.05) is 6.07 Å². The molecule has 7 nitrogen and oxygen atoms in total. The molecular formula is C20H23N5O2. The number of ether oxygens (including phenoxy) is 1. The van der Waals surface area contributed by atoms with E-state index >= 15 is 0 Å². The van der Waals surface area contributed by atoms with E-state index in [0.717, 1.165) is 31.7 Å². The monoisotopic (exact) mass is 365 g/mol. The zero-order valence-electron chi connectivity index (χ0n) is 15.6. The van der Waals surface area contributed by atoms with E-state index in [1.54, 1.807) is 25.4 Å². The number of nitrogens with one attached hydrogen (secondary N) is 1. The quantitative estimate of drug-likeness (QED) is 0.873. The summed E-state index contributed by atoms with van der Waals surface area (Å²) in [4.78, 5) is 21.0. The highest BCUT2D eigenvalue weighted by Gasteiger charge is 2.22. The van der Waals surface area contributed by atoms with Crippen LogP contribution in [0.2, 0.25) is 0 Å². The summed E-state index contributed by atoms with van der Waals surface area (Å²) in [6.07, 6.45) is 1.70. The highest BCUT2D eigenvalue weighted by atomic mass is 16.5. The average Bonchev–Trinajstić information content (AvgIpc) is 2.68. The largest absolute Gasteiger partial charge is 0.495 e. The van der Waals surface area contributed by atoms with Gasteiger partial charge in [-0.15, -0.1) is 0 Å². The number of hydrogen-bond acceptors (Lipinski definition) is 6. The van der Waals surface area contributed by atoms with Crippen molar-refractivity contribution in [3.63, 3.8) is 0 Å². The zero-order valence-corrected chi connectivity index (χ0v) is 15.6. The van der Waals surface area contributed by atoms with E-state index in [1.807, 2.05) is 25.1 Å². The number of rotatable bonds is 5. The average molecular weight is 365 g/mol. The molecule has 0 saturated carbocycles. The maximum atomic E-state index is 12.4. The standard InChI is InChI=1S/C20H23N5O2/c1-15-5-6-18(27-2)17(12-15)23-19(26)14-24-8-10-25(11-9-24)20-16(13-21)4-3-7-22-20/h3-7,12H,8-11,14H2,1-2H3,(H,23,26). The van der Waals surface area contributed by atoms with Crippen LogP contribution in [-0.2, 0) is 4.79 Å². The maximum absolute atomic E-state index is 12.4. The van der Waals surface area contributed by atoms with E-state index in [-0.39, 0.29) is 5.91 Å². The third-order valence-electron chi connectivity index (χ3n) is 4.58.